The van der Waals surface area contributed by atoms with Gasteiger partial charge in [0.1, 0.15) is 5.82 Å². The number of hydrogen-bond acceptors (Lipinski definition) is 3. The quantitative estimate of drug-likeness (QED) is 0.565. The van der Waals surface area contributed by atoms with Crippen LogP contribution in [-0.2, 0) is 6.42 Å². The summed E-state index contributed by atoms with van der Waals surface area (Å²) in [5.74, 6) is 5.43. The van der Waals surface area contributed by atoms with Gasteiger partial charge >= 0.3 is 0 Å². The van der Waals surface area contributed by atoms with Gasteiger partial charge in [-0.1, -0.05) is 30.3 Å². The minimum atomic E-state index is -0.231. The third kappa shape index (κ3) is 2.58. The van der Waals surface area contributed by atoms with E-state index in [0.717, 1.165) is 12.0 Å². The van der Waals surface area contributed by atoms with Gasteiger partial charge in [-0.25, -0.2) is 4.39 Å². The summed E-state index contributed by atoms with van der Waals surface area (Å²) in [6.45, 7) is 0. The molecule has 0 radical (unpaired) electrons. The van der Waals surface area contributed by atoms with E-state index in [0.29, 0.717) is 0 Å². The largest absolute Gasteiger partial charge is 0.271 e. The molecule has 0 saturated heterocycles. The molecular formula is C16H15FN2S. The average Bonchev–Trinajstić information content (AvgIpc) is 2.89. The SMILES string of the molecule is NNC(Cc1csc2ccccc12)c1ccc(F)cc1. The molecule has 3 N–H and O–H groups in total. The van der Waals surface area contributed by atoms with E-state index in [1.807, 2.05) is 12.1 Å². The molecule has 2 aromatic carbocycles. The number of rotatable bonds is 4. The number of nitrogens with two attached hydrogens (primary N) is 1. The molecule has 0 spiro atoms. The van der Waals surface area contributed by atoms with Gasteiger partial charge in [0.25, 0.3) is 0 Å². The Balaban J connectivity index is 1.89. The van der Waals surface area contributed by atoms with Crippen LogP contribution < -0.4 is 11.3 Å². The molecule has 0 fully saturated rings. The molecule has 4 heteroatoms. The lowest BCUT2D eigenvalue weighted by molar-refractivity contribution is 0.551. The van der Waals surface area contributed by atoms with Crippen molar-refractivity contribution >= 4 is 21.4 Å². The van der Waals surface area contributed by atoms with Gasteiger partial charge < -0.3 is 0 Å². The molecule has 0 amide bonds. The number of benzene rings is 2. The smallest absolute Gasteiger partial charge is 0.123 e. The average molecular weight is 286 g/mol. The summed E-state index contributed by atoms with van der Waals surface area (Å²) < 4.78 is 14.3. The van der Waals surface area contributed by atoms with E-state index < -0.39 is 0 Å². The van der Waals surface area contributed by atoms with E-state index in [1.54, 1.807) is 23.5 Å². The molecule has 1 heterocycles. The highest BCUT2D eigenvalue weighted by atomic mass is 32.1. The second-order valence-corrected chi connectivity index (χ2v) is 5.64. The summed E-state index contributed by atoms with van der Waals surface area (Å²) in [5.41, 5.74) is 5.07. The number of hydrogen-bond donors (Lipinski definition) is 2. The van der Waals surface area contributed by atoms with Crippen molar-refractivity contribution in [1.82, 2.24) is 5.43 Å². The Bertz CT molecular complexity index is 706. The second kappa shape index (κ2) is 5.71. The maximum Gasteiger partial charge on any atom is 0.123 e. The lowest BCUT2D eigenvalue weighted by Gasteiger charge is -2.16. The fourth-order valence-corrected chi connectivity index (χ4v) is 3.35. The second-order valence-electron chi connectivity index (χ2n) is 4.73. The first-order chi connectivity index (χ1) is 9.78. The van der Waals surface area contributed by atoms with Crippen molar-refractivity contribution in [3.05, 3.63) is 70.9 Å². The van der Waals surface area contributed by atoms with Crippen molar-refractivity contribution in [2.75, 3.05) is 0 Å². The van der Waals surface area contributed by atoms with Crippen molar-refractivity contribution < 1.29 is 4.39 Å². The minimum absolute atomic E-state index is 0.0198. The molecule has 3 aromatic rings. The molecule has 1 unspecified atom stereocenters. The molecule has 20 heavy (non-hydrogen) atoms. The number of fused-ring (bicyclic) bond motifs is 1. The molecule has 102 valence electrons. The number of halogens is 1. The lowest BCUT2D eigenvalue weighted by Crippen LogP contribution is -2.29. The highest BCUT2D eigenvalue weighted by molar-refractivity contribution is 7.17. The van der Waals surface area contributed by atoms with E-state index in [-0.39, 0.29) is 11.9 Å². The van der Waals surface area contributed by atoms with Crippen molar-refractivity contribution in [3.8, 4) is 0 Å². The zero-order valence-corrected chi connectivity index (χ0v) is 11.7. The van der Waals surface area contributed by atoms with Crippen LogP contribution in [0.15, 0.2) is 53.9 Å². The monoisotopic (exact) mass is 286 g/mol. The van der Waals surface area contributed by atoms with Crippen molar-refractivity contribution in [3.63, 3.8) is 0 Å². The molecular weight excluding hydrogens is 271 g/mol. The third-order valence-corrected chi connectivity index (χ3v) is 4.47. The van der Waals surface area contributed by atoms with E-state index in [4.69, 9.17) is 5.84 Å². The number of nitrogens with one attached hydrogen (secondary N) is 1. The summed E-state index contributed by atoms with van der Waals surface area (Å²) in [4.78, 5) is 0. The Hall–Kier alpha value is -1.75. The van der Waals surface area contributed by atoms with E-state index in [9.17, 15) is 4.39 Å². The minimum Gasteiger partial charge on any atom is -0.271 e. The van der Waals surface area contributed by atoms with Crippen LogP contribution in [0.1, 0.15) is 17.2 Å². The van der Waals surface area contributed by atoms with E-state index in [1.165, 1.54) is 27.8 Å². The summed E-state index contributed by atoms with van der Waals surface area (Å²) >= 11 is 1.74. The summed E-state index contributed by atoms with van der Waals surface area (Å²) in [6.07, 6.45) is 0.784. The van der Waals surface area contributed by atoms with Crippen LogP contribution in [-0.4, -0.2) is 0 Å². The molecule has 3 rings (SSSR count). The van der Waals surface area contributed by atoms with Crippen LogP contribution in [0.4, 0.5) is 4.39 Å². The van der Waals surface area contributed by atoms with Gasteiger partial charge in [0.15, 0.2) is 0 Å². The fraction of sp³-hybridized carbons (Fsp3) is 0.125. The first-order valence-electron chi connectivity index (χ1n) is 6.44. The first kappa shape index (κ1) is 13.2. The van der Waals surface area contributed by atoms with E-state index >= 15 is 0 Å². The lowest BCUT2D eigenvalue weighted by atomic mass is 9.99. The highest BCUT2D eigenvalue weighted by Gasteiger charge is 2.13. The van der Waals surface area contributed by atoms with Crippen LogP contribution in [0, 0.1) is 5.82 Å². The Morgan fingerprint density at radius 3 is 2.60 bits per heavy atom. The van der Waals surface area contributed by atoms with Gasteiger partial charge in [-0.05, 0) is 46.5 Å². The van der Waals surface area contributed by atoms with Gasteiger partial charge in [-0.2, -0.15) is 0 Å². The maximum absolute atomic E-state index is 13.0. The Morgan fingerprint density at radius 1 is 1.10 bits per heavy atom. The zero-order valence-electron chi connectivity index (χ0n) is 10.8. The Labute approximate surface area is 121 Å². The van der Waals surface area contributed by atoms with Crippen molar-refractivity contribution in [2.45, 2.75) is 12.5 Å². The molecule has 0 saturated carbocycles. The Morgan fingerprint density at radius 2 is 1.85 bits per heavy atom. The van der Waals surface area contributed by atoms with Crippen LogP contribution >= 0.6 is 11.3 Å². The zero-order chi connectivity index (χ0) is 13.9. The molecule has 0 bridgehead atoms. The molecule has 2 nitrogen and oxygen atoms in total. The van der Waals surface area contributed by atoms with Crippen molar-refractivity contribution in [2.24, 2.45) is 5.84 Å². The number of thiophene rings is 1. The highest BCUT2D eigenvalue weighted by Crippen LogP contribution is 2.29. The van der Waals surface area contributed by atoms with Gasteiger partial charge in [-0.3, -0.25) is 11.3 Å². The summed E-state index contributed by atoms with van der Waals surface area (Å²) in [6, 6.07) is 14.8. The number of hydrazine groups is 1. The maximum atomic E-state index is 13.0. The van der Waals surface area contributed by atoms with Crippen LogP contribution in [0.2, 0.25) is 0 Å². The standard InChI is InChI=1S/C16H15FN2S/c17-13-7-5-11(6-8-13)15(19-18)9-12-10-20-16-4-2-1-3-14(12)16/h1-8,10,15,19H,9,18H2. The van der Waals surface area contributed by atoms with Gasteiger partial charge in [0.2, 0.25) is 0 Å². The first-order valence-corrected chi connectivity index (χ1v) is 7.32. The summed E-state index contributed by atoms with van der Waals surface area (Å²) in [7, 11) is 0. The van der Waals surface area contributed by atoms with Crippen LogP contribution in [0.3, 0.4) is 0 Å². The fourth-order valence-electron chi connectivity index (χ4n) is 2.38. The van der Waals surface area contributed by atoms with Crippen LogP contribution in [0.5, 0.6) is 0 Å². The molecule has 1 atom stereocenters. The summed E-state index contributed by atoms with van der Waals surface area (Å²) in [5, 5.41) is 3.43. The molecule has 0 aliphatic heterocycles. The normalized spacial score (nSPS) is 12.7. The van der Waals surface area contributed by atoms with Gasteiger partial charge in [0.05, 0.1) is 6.04 Å². The topological polar surface area (TPSA) is 38.0 Å². The van der Waals surface area contributed by atoms with Gasteiger partial charge in [-0.15, -0.1) is 11.3 Å². The van der Waals surface area contributed by atoms with Gasteiger partial charge in [0, 0.05) is 4.70 Å². The predicted octanol–water partition coefficient (Wildman–Crippen LogP) is 3.79. The van der Waals surface area contributed by atoms with Crippen molar-refractivity contribution in [1.29, 1.82) is 0 Å². The predicted molar refractivity (Wildman–Crippen MR) is 82.0 cm³/mol. The molecule has 1 aromatic heterocycles. The Kier molecular flexibility index (Phi) is 3.78. The van der Waals surface area contributed by atoms with E-state index in [2.05, 4.69) is 22.9 Å². The molecule has 0 aliphatic carbocycles. The third-order valence-electron chi connectivity index (χ3n) is 3.46. The molecule has 0 aliphatic rings. The van der Waals surface area contributed by atoms with Crippen LogP contribution in [0.25, 0.3) is 10.1 Å².